The maximum Gasteiger partial charge on any atom is 0.172 e. The first-order chi connectivity index (χ1) is 8.74. The first-order valence-corrected chi connectivity index (χ1v) is 10.7. The summed E-state index contributed by atoms with van der Waals surface area (Å²) in [6, 6.07) is 3.82. The second-order valence-corrected chi connectivity index (χ2v) is 12.4. The topological polar surface area (TPSA) is 17.1 Å². The Bertz CT molecular complexity index is 469. The van der Waals surface area contributed by atoms with Crippen molar-refractivity contribution in [2.75, 3.05) is 0 Å². The van der Waals surface area contributed by atoms with Crippen LogP contribution < -0.4 is 0 Å². The molecule has 0 aliphatic heterocycles. The Morgan fingerprint density at radius 2 is 2.05 bits per heavy atom. The Labute approximate surface area is 122 Å². The number of carbonyl (C=O) groups excluding carboxylic acids is 1. The van der Waals surface area contributed by atoms with Crippen molar-refractivity contribution in [1.29, 1.82) is 0 Å². The highest BCUT2D eigenvalue weighted by Gasteiger charge is 2.33. The minimum atomic E-state index is -1.48. The fourth-order valence-electron chi connectivity index (χ4n) is 1.37. The lowest BCUT2D eigenvalue weighted by molar-refractivity contribution is 0.0984. The zero-order valence-electron chi connectivity index (χ0n) is 12.7. The van der Waals surface area contributed by atoms with Crippen LogP contribution in [0.25, 0.3) is 0 Å². The lowest BCUT2D eigenvalue weighted by Crippen LogP contribution is -2.35. The molecule has 1 nitrogen and oxygen atoms in total. The molecule has 1 rings (SSSR count). The van der Waals surface area contributed by atoms with Crippen LogP contribution >= 0.6 is 11.3 Å². The van der Waals surface area contributed by atoms with Crippen molar-refractivity contribution in [2.24, 2.45) is 0 Å². The van der Waals surface area contributed by atoms with Gasteiger partial charge in [-0.1, -0.05) is 39.9 Å². The molecule has 0 saturated carbocycles. The standard InChI is InChI=1S/C16H24OSSi/c1-16(2,3)19(4,5)13-8-6-7-10-14(17)15-11-9-12-18-15/h9,11-12H,6-7,10H2,1-5H3. The summed E-state index contributed by atoms with van der Waals surface area (Å²) in [5, 5.41) is 2.26. The van der Waals surface area contributed by atoms with Gasteiger partial charge in [0.25, 0.3) is 0 Å². The van der Waals surface area contributed by atoms with Gasteiger partial charge in [0.2, 0.25) is 0 Å². The summed E-state index contributed by atoms with van der Waals surface area (Å²) in [5.41, 5.74) is 3.49. The zero-order valence-corrected chi connectivity index (χ0v) is 14.5. The number of rotatable bonds is 4. The molecule has 0 aromatic carbocycles. The SMILES string of the molecule is CC(C)(C)[Si](C)(C)C#CCCCC(=O)c1cccs1. The molecule has 0 fully saturated rings. The molecule has 0 radical (unpaired) electrons. The maximum absolute atomic E-state index is 11.8. The second kappa shape index (κ2) is 6.54. The van der Waals surface area contributed by atoms with E-state index in [0.717, 1.165) is 17.7 Å². The summed E-state index contributed by atoms with van der Waals surface area (Å²) in [6.07, 6.45) is 2.33. The Morgan fingerprint density at radius 3 is 2.58 bits per heavy atom. The van der Waals surface area contributed by atoms with Crippen molar-refractivity contribution in [3.8, 4) is 11.5 Å². The third kappa shape index (κ3) is 4.97. The number of ketones is 1. The van der Waals surface area contributed by atoms with Gasteiger partial charge in [-0.25, -0.2) is 0 Å². The maximum atomic E-state index is 11.8. The molecule has 0 aliphatic rings. The van der Waals surface area contributed by atoms with E-state index in [4.69, 9.17) is 0 Å². The van der Waals surface area contributed by atoms with E-state index in [2.05, 4.69) is 45.3 Å². The fraction of sp³-hybridized carbons (Fsp3) is 0.562. The van der Waals surface area contributed by atoms with Crippen LogP contribution in [0.5, 0.6) is 0 Å². The van der Waals surface area contributed by atoms with E-state index >= 15 is 0 Å². The number of Topliss-reactive ketones (excluding diaryl/α,β-unsaturated/α-hetero) is 1. The molecule has 0 unspecified atom stereocenters. The third-order valence-corrected chi connectivity index (χ3v) is 9.24. The van der Waals surface area contributed by atoms with Crippen LogP contribution in [-0.4, -0.2) is 13.9 Å². The molecular weight excluding hydrogens is 268 g/mol. The highest BCUT2D eigenvalue weighted by molar-refractivity contribution is 7.12. The van der Waals surface area contributed by atoms with E-state index in [1.807, 2.05) is 17.5 Å². The van der Waals surface area contributed by atoms with Crippen LogP contribution in [-0.2, 0) is 0 Å². The number of unbranched alkanes of at least 4 members (excludes halogenated alkanes) is 1. The molecular formula is C16H24OSSi. The summed E-state index contributed by atoms with van der Waals surface area (Å²) in [5.74, 6) is 3.55. The van der Waals surface area contributed by atoms with E-state index < -0.39 is 8.07 Å². The monoisotopic (exact) mass is 292 g/mol. The quantitative estimate of drug-likeness (QED) is 0.324. The fourth-order valence-corrected chi connectivity index (χ4v) is 3.01. The predicted molar refractivity (Wildman–Crippen MR) is 87.5 cm³/mol. The highest BCUT2D eigenvalue weighted by atomic mass is 32.1. The molecule has 1 heterocycles. The van der Waals surface area contributed by atoms with Crippen LogP contribution in [0.3, 0.4) is 0 Å². The number of thiophene rings is 1. The lowest BCUT2D eigenvalue weighted by Gasteiger charge is -2.31. The first-order valence-electron chi connectivity index (χ1n) is 6.81. The number of hydrogen-bond acceptors (Lipinski definition) is 2. The van der Waals surface area contributed by atoms with E-state index in [0.29, 0.717) is 11.5 Å². The predicted octanol–water partition coefficient (Wildman–Crippen LogP) is 5.15. The summed E-state index contributed by atoms with van der Waals surface area (Å²) in [6.45, 7) is 11.4. The molecule has 0 spiro atoms. The van der Waals surface area contributed by atoms with Crippen molar-refractivity contribution in [3.05, 3.63) is 22.4 Å². The van der Waals surface area contributed by atoms with Crippen molar-refractivity contribution < 1.29 is 4.79 Å². The van der Waals surface area contributed by atoms with Gasteiger partial charge in [0.15, 0.2) is 5.78 Å². The molecule has 0 atom stereocenters. The van der Waals surface area contributed by atoms with Crippen molar-refractivity contribution in [2.45, 2.75) is 58.2 Å². The molecule has 0 saturated heterocycles. The van der Waals surface area contributed by atoms with Gasteiger partial charge < -0.3 is 0 Å². The minimum absolute atomic E-state index is 0.254. The molecule has 3 heteroatoms. The summed E-state index contributed by atoms with van der Waals surface area (Å²) in [7, 11) is -1.48. The second-order valence-electron chi connectivity index (χ2n) is 6.43. The molecule has 0 N–H and O–H groups in total. The van der Waals surface area contributed by atoms with Crippen molar-refractivity contribution in [3.63, 3.8) is 0 Å². The number of carbonyl (C=O) groups is 1. The highest BCUT2D eigenvalue weighted by Crippen LogP contribution is 2.35. The molecule has 1 aromatic rings. The lowest BCUT2D eigenvalue weighted by atomic mass is 10.1. The van der Waals surface area contributed by atoms with Crippen molar-refractivity contribution in [1.82, 2.24) is 0 Å². The zero-order chi connectivity index (χ0) is 14.5. The molecule has 0 bridgehead atoms. The van der Waals surface area contributed by atoms with Gasteiger partial charge >= 0.3 is 0 Å². The van der Waals surface area contributed by atoms with E-state index in [9.17, 15) is 4.79 Å². The van der Waals surface area contributed by atoms with Crippen LogP contribution in [0.4, 0.5) is 0 Å². The van der Waals surface area contributed by atoms with Crippen LogP contribution in [0, 0.1) is 11.5 Å². The van der Waals surface area contributed by atoms with Crippen LogP contribution in [0.1, 0.15) is 49.7 Å². The molecule has 19 heavy (non-hydrogen) atoms. The van der Waals surface area contributed by atoms with E-state index in [1.165, 1.54) is 11.3 Å². The Balaban J connectivity index is 2.38. The Kier molecular flexibility index (Phi) is 5.58. The molecule has 0 aliphatic carbocycles. The smallest absolute Gasteiger partial charge is 0.172 e. The Morgan fingerprint density at radius 1 is 1.37 bits per heavy atom. The van der Waals surface area contributed by atoms with Gasteiger partial charge in [-0.3, -0.25) is 4.79 Å². The summed E-state index contributed by atoms with van der Waals surface area (Å²) in [4.78, 5) is 12.7. The van der Waals surface area contributed by atoms with Gasteiger partial charge in [0.05, 0.1) is 4.88 Å². The summed E-state index contributed by atoms with van der Waals surface area (Å²) >= 11 is 1.52. The summed E-state index contributed by atoms with van der Waals surface area (Å²) < 4.78 is 0. The third-order valence-electron chi connectivity index (χ3n) is 3.78. The van der Waals surface area contributed by atoms with E-state index in [-0.39, 0.29) is 5.78 Å². The van der Waals surface area contributed by atoms with Gasteiger partial charge in [-0.2, -0.15) is 0 Å². The average molecular weight is 293 g/mol. The van der Waals surface area contributed by atoms with Crippen molar-refractivity contribution >= 4 is 25.2 Å². The number of hydrogen-bond donors (Lipinski definition) is 0. The largest absolute Gasteiger partial charge is 0.293 e. The average Bonchev–Trinajstić information content (AvgIpc) is 2.80. The minimum Gasteiger partial charge on any atom is -0.293 e. The van der Waals surface area contributed by atoms with Crippen LogP contribution in [0.2, 0.25) is 18.1 Å². The molecule has 104 valence electrons. The van der Waals surface area contributed by atoms with Gasteiger partial charge in [0.1, 0.15) is 8.07 Å². The van der Waals surface area contributed by atoms with Crippen LogP contribution in [0.15, 0.2) is 17.5 Å². The molecule has 1 aromatic heterocycles. The van der Waals surface area contributed by atoms with Gasteiger partial charge in [-0.05, 0) is 22.9 Å². The van der Waals surface area contributed by atoms with Gasteiger partial charge in [-0.15, -0.1) is 22.8 Å². The van der Waals surface area contributed by atoms with E-state index in [1.54, 1.807) is 0 Å². The first kappa shape index (κ1) is 16.2. The molecule has 0 amide bonds. The Hall–Kier alpha value is -0.853. The normalized spacial score (nSPS) is 11.8. The van der Waals surface area contributed by atoms with Gasteiger partial charge in [0, 0.05) is 12.8 Å².